The molecule has 22 nitrogen and oxygen atoms in total. The maximum absolute atomic E-state index is 15.6. The number of methoxy groups -OCH3 is 2. The Kier molecular flexibility index (Phi) is 12.5. The van der Waals surface area contributed by atoms with Gasteiger partial charge in [-0.2, -0.15) is 0 Å². The van der Waals surface area contributed by atoms with E-state index >= 15 is 8.78 Å². The molecule has 0 spiro atoms. The molecule has 0 radical (unpaired) electrons. The van der Waals surface area contributed by atoms with Gasteiger partial charge in [0.15, 0.2) is 19.7 Å². The van der Waals surface area contributed by atoms with Gasteiger partial charge in [-0.05, 0) is 87.6 Å². The Hall–Kier alpha value is -7.94. The first kappa shape index (κ1) is 46.9. The molecule has 0 aromatic carbocycles. The fourth-order valence-electron chi connectivity index (χ4n) is 11.2. The first-order valence-electron chi connectivity index (χ1n) is 28.1. The number of hydrogen-bond acceptors (Lipinski definition) is 18. The highest BCUT2D eigenvalue weighted by Crippen LogP contribution is 2.47. The predicted octanol–water partition coefficient (Wildman–Crippen LogP) is 7.30. The second-order valence-corrected chi connectivity index (χ2v) is 23.5. The van der Waals surface area contributed by atoms with Crippen molar-refractivity contribution >= 4 is 63.5 Å². The minimum absolute atomic E-state index is 0.0957. The number of sulfone groups is 2. The van der Waals surface area contributed by atoms with Gasteiger partial charge < -0.3 is 28.1 Å². The molecule has 26 heteroatoms. The summed E-state index contributed by atoms with van der Waals surface area (Å²) in [6, 6.07) is 7.41. The summed E-state index contributed by atoms with van der Waals surface area (Å²) in [5, 5.41) is 16.3. The second kappa shape index (κ2) is 21.3. The molecular formula is C54H56F2N14O8S2. The molecule has 2 aliphatic heterocycles. The summed E-state index contributed by atoms with van der Waals surface area (Å²) >= 11 is 0. The fraction of sp³-hybridized carbons (Fsp3) is 0.370. The maximum Gasteiger partial charge on any atom is 0.224 e. The Labute approximate surface area is 466 Å². The summed E-state index contributed by atoms with van der Waals surface area (Å²) < 4.78 is 161. The summed E-state index contributed by atoms with van der Waals surface area (Å²) in [5.74, 6) is -1.26. The molecule has 2 atom stereocenters. The lowest BCUT2D eigenvalue weighted by atomic mass is 9.88. The number of pyridine rings is 6. The normalized spacial score (nSPS) is 17.1. The van der Waals surface area contributed by atoms with Crippen LogP contribution in [-0.4, -0.2) is 139 Å². The highest BCUT2D eigenvalue weighted by Gasteiger charge is 2.38. The SMILES string of the molecule is [2H]C([2H])([2H])c1nnn(C)c1-c1cnc2c3c(OC)ncc(S(C)(=O)=O)c3n(C(c3ncccc3F)C3CCOCC3)c2c1.[2H]C([2H])([2H])c1nnn(C)c1-c1cnc2c3c(OC)ncc(S(C)(=O)=O)c3n(C(c3ncccc3F)C3CCOCC3)c2c1. The molecule has 0 bridgehead atoms. The third kappa shape index (κ3) is 9.45. The van der Waals surface area contributed by atoms with E-state index in [9.17, 15) is 16.8 Å². The minimum atomic E-state index is -3.87. The number of fused-ring (bicyclic) bond motifs is 6. The Bertz CT molecular complexity index is 4230. The fourth-order valence-corrected chi connectivity index (χ4v) is 12.8. The molecule has 80 heavy (non-hydrogen) atoms. The molecule has 0 saturated carbocycles. The quantitative estimate of drug-likeness (QED) is 0.116. The molecule has 2 unspecified atom stereocenters. The zero-order chi connectivity index (χ0) is 61.4. The lowest BCUT2D eigenvalue weighted by Crippen LogP contribution is -2.28. The van der Waals surface area contributed by atoms with Crippen molar-refractivity contribution in [1.29, 1.82) is 0 Å². The van der Waals surface area contributed by atoms with Crippen LogP contribution < -0.4 is 9.47 Å². The lowest BCUT2D eigenvalue weighted by Gasteiger charge is -2.32. The van der Waals surface area contributed by atoms with Crippen LogP contribution in [0.3, 0.4) is 0 Å². The van der Waals surface area contributed by atoms with Crippen LogP contribution in [0.15, 0.2) is 83.4 Å². The van der Waals surface area contributed by atoms with Gasteiger partial charge in [0.1, 0.15) is 32.5 Å². The predicted molar refractivity (Wildman–Crippen MR) is 291 cm³/mol. The van der Waals surface area contributed by atoms with E-state index in [2.05, 4.69) is 40.6 Å². The van der Waals surface area contributed by atoms with Gasteiger partial charge in [-0.3, -0.25) is 19.9 Å². The molecule has 12 rings (SSSR count). The van der Waals surface area contributed by atoms with E-state index in [4.69, 9.17) is 37.1 Å². The third-order valence-corrected chi connectivity index (χ3v) is 16.9. The third-order valence-electron chi connectivity index (χ3n) is 14.7. The molecule has 10 aromatic rings. The molecule has 0 amide bonds. The maximum atomic E-state index is 15.6. The summed E-state index contributed by atoms with van der Waals surface area (Å²) in [7, 11) is -1.77. The highest BCUT2D eigenvalue weighted by molar-refractivity contribution is 7.91. The highest BCUT2D eigenvalue weighted by atomic mass is 32.2. The summed E-state index contributed by atoms with van der Waals surface area (Å²) in [6.07, 6.45) is 12.7. The van der Waals surface area contributed by atoms with Gasteiger partial charge in [0.25, 0.3) is 0 Å². The summed E-state index contributed by atoms with van der Waals surface area (Å²) in [6.45, 7) is -3.40. The first-order chi connectivity index (χ1) is 40.8. The van der Waals surface area contributed by atoms with Crippen molar-refractivity contribution in [2.75, 3.05) is 53.2 Å². The number of rotatable bonds is 12. The van der Waals surface area contributed by atoms with Crippen LogP contribution in [0, 0.1) is 37.2 Å². The number of halogens is 2. The smallest absolute Gasteiger partial charge is 0.224 e. The van der Waals surface area contributed by atoms with Gasteiger partial charge in [-0.15, -0.1) is 10.2 Å². The molecule has 0 aliphatic carbocycles. The minimum Gasteiger partial charge on any atom is -0.480 e. The monoisotopic (exact) mass is 1140 g/mol. The van der Waals surface area contributed by atoms with E-state index < -0.39 is 57.1 Å². The van der Waals surface area contributed by atoms with Crippen molar-refractivity contribution in [3.8, 4) is 34.3 Å². The topological polar surface area (TPSA) is 254 Å². The van der Waals surface area contributed by atoms with Crippen LogP contribution in [0.2, 0.25) is 0 Å². The van der Waals surface area contributed by atoms with Crippen molar-refractivity contribution < 1.29 is 52.8 Å². The van der Waals surface area contributed by atoms with Crippen LogP contribution in [0.1, 0.15) is 68.8 Å². The summed E-state index contributed by atoms with van der Waals surface area (Å²) in [5.41, 5.74) is 2.94. The number of ether oxygens (including phenoxy) is 4. The standard InChI is InChI=1S/2C27H28FN7O4S/c2*1-15-24(34(2)33-32-15)17-12-19-23(30-13-17)21-26(20(40(4,36)37)14-31-27(21)38-3)35(19)25(16-7-10-39-11-8-16)22-18(28)6-5-9-29-22/h2*5-6,9,12-14,16,25H,7-8,10-11H2,1-4H3/i2*1D3. The largest absolute Gasteiger partial charge is 0.480 e. The molecule has 0 N–H and O–H groups in total. The van der Waals surface area contributed by atoms with Gasteiger partial charge in [0, 0.05) is 97.2 Å². The number of nitrogens with zero attached hydrogens (tertiary/aromatic N) is 14. The van der Waals surface area contributed by atoms with Crippen molar-refractivity contribution in [2.45, 2.75) is 61.3 Å². The van der Waals surface area contributed by atoms with Crippen molar-refractivity contribution in [3.05, 3.63) is 108 Å². The zero-order valence-corrected chi connectivity index (χ0v) is 45.6. The van der Waals surface area contributed by atoms with E-state index in [0.717, 1.165) is 12.5 Å². The number of aromatic nitrogens is 14. The van der Waals surface area contributed by atoms with Crippen molar-refractivity contribution in [2.24, 2.45) is 25.9 Å². The average molecular weight is 1140 g/mol. The molecule has 2 saturated heterocycles. The lowest BCUT2D eigenvalue weighted by molar-refractivity contribution is 0.0541. The Morgan fingerprint density at radius 3 is 1.36 bits per heavy atom. The Morgan fingerprint density at radius 2 is 1.01 bits per heavy atom. The average Bonchev–Trinajstić information content (AvgIpc) is 1.58. The van der Waals surface area contributed by atoms with Gasteiger partial charge in [-0.25, -0.2) is 44.9 Å². The summed E-state index contributed by atoms with van der Waals surface area (Å²) in [4.78, 5) is 26.7. The van der Waals surface area contributed by atoms with Crippen molar-refractivity contribution in [3.63, 3.8) is 0 Å². The zero-order valence-electron chi connectivity index (χ0n) is 50.0. The number of aryl methyl sites for hydroxylation is 4. The van der Waals surface area contributed by atoms with Crippen LogP contribution in [-0.2, 0) is 43.2 Å². The van der Waals surface area contributed by atoms with Crippen LogP contribution in [0.25, 0.3) is 66.4 Å². The van der Waals surface area contributed by atoms with Gasteiger partial charge >= 0.3 is 0 Å². The van der Waals surface area contributed by atoms with E-state index in [1.807, 2.05) is 0 Å². The Morgan fingerprint density at radius 1 is 0.613 bits per heavy atom. The van der Waals surface area contributed by atoms with E-state index in [1.54, 1.807) is 35.4 Å². The molecule has 416 valence electrons. The Balaban J connectivity index is 0.000000179. The molecular weight excluding hydrogens is 1070 g/mol. The van der Waals surface area contributed by atoms with Crippen molar-refractivity contribution in [1.82, 2.24) is 69.0 Å². The van der Waals surface area contributed by atoms with Gasteiger partial charge in [-0.1, -0.05) is 10.4 Å². The van der Waals surface area contributed by atoms with E-state index in [0.29, 0.717) is 96.1 Å². The van der Waals surface area contributed by atoms with Crippen LogP contribution >= 0.6 is 0 Å². The van der Waals surface area contributed by atoms with E-state index in [-0.39, 0.29) is 78.6 Å². The second-order valence-electron chi connectivity index (χ2n) is 19.5. The van der Waals surface area contributed by atoms with Gasteiger partial charge in [0.05, 0.1) is 106 Å². The van der Waals surface area contributed by atoms with Crippen LogP contribution in [0.5, 0.6) is 11.8 Å². The van der Waals surface area contributed by atoms with Gasteiger partial charge in [0.2, 0.25) is 11.8 Å². The molecule has 10 aromatic heterocycles. The number of hydrogen-bond donors (Lipinski definition) is 0. The first-order valence-corrected chi connectivity index (χ1v) is 28.9. The molecule has 12 heterocycles. The van der Waals surface area contributed by atoms with E-state index in [1.165, 1.54) is 85.0 Å². The molecule has 2 fully saturated rings. The van der Waals surface area contributed by atoms with Crippen LogP contribution in [0.4, 0.5) is 8.78 Å². The molecule has 2 aliphatic rings.